The van der Waals surface area contributed by atoms with Crippen molar-refractivity contribution in [2.75, 3.05) is 25.0 Å². The Morgan fingerprint density at radius 2 is 2.20 bits per heavy atom. The van der Waals surface area contributed by atoms with Crippen molar-refractivity contribution in [2.45, 2.75) is 26.3 Å². The standard InChI is InChI=1S/C18H21N5OS/c1-12-9-13(2)23(21-12)14-7-8-22(11-14)17(24)10-19-18-20-15-5-3-4-6-16(15)25-18/h3-6,9,14H,7-8,10-11H2,1-2H3,(H,19,20)/t14-/m0/s1. The summed E-state index contributed by atoms with van der Waals surface area (Å²) in [7, 11) is 0. The van der Waals surface area contributed by atoms with Gasteiger partial charge in [-0.1, -0.05) is 23.5 Å². The number of fused-ring (bicyclic) bond motifs is 1. The molecule has 1 N–H and O–H groups in total. The van der Waals surface area contributed by atoms with E-state index in [1.165, 1.54) is 0 Å². The fourth-order valence-electron chi connectivity index (χ4n) is 3.39. The lowest BCUT2D eigenvalue weighted by Gasteiger charge is -2.17. The number of benzene rings is 1. The van der Waals surface area contributed by atoms with Crippen molar-refractivity contribution < 1.29 is 4.79 Å². The van der Waals surface area contributed by atoms with Gasteiger partial charge in [-0.15, -0.1) is 0 Å². The first kappa shape index (κ1) is 16.1. The molecule has 0 bridgehead atoms. The predicted molar refractivity (Wildman–Crippen MR) is 100 cm³/mol. The van der Waals surface area contributed by atoms with Crippen LogP contribution in [0.15, 0.2) is 30.3 Å². The molecule has 1 atom stereocenters. The van der Waals surface area contributed by atoms with Crippen molar-refractivity contribution in [3.05, 3.63) is 41.7 Å². The summed E-state index contributed by atoms with van der Waals surface area (Å²) in [5.74, 6) is 0.114. The van der Waals surface area contributed by atoms with Gasteiger partial charge in [-0.3, -0.25) is 9.48 Å². The minimum Gasteiger partial charge on any atom is -0.352 e. The molecule has 130 valence electrons. The van der Waals surface area contributed by atoms with Crippen LogP contribution in [-0.4, -0.2) is 45.2 Å². The molecule has 3 heterocycles. The molecule has 1 aliphatic rings. The molecule has 7 heteroatoms. The highest BCUT2D eigenvalue weighted by atomic mass is 32.1. The second-order valence-corrected chi connectivity index (χ2v) is 7.52. The van der Waals surface area contributed by atoms with Crippen LogP contribution < -0.4 is 5.32 Å². The Labute approximate surface area is 150 Å². The Balaban J connectivity index is 1.36. The van der Waals surface area contributed by atoms with Gasteiger partial charge in [0.25, 0.3) is 0 Å². The molecule has 0 spiro atoms. The van der Waals surface area contributed by atoms with Crippen LogP contribution in [0.25, 0.3) is 10.2 Å². The molecule has 0 unspecified atom stereocenters. The number of likely N-dealkylation sites (tertiary alicyclic amines) is 1. The third kappa shape index (κ3) is 3.24. The van der Waals surface area contributed by atoms with Gasteiger partial charge in [-0.25, -0.2) is 4.98 Å². The molecular formula is C18H21N5OS. The average Bonchev–Trinajstić information content (AvgIpc) is 3.30. The number of aryl methyl sites for hydroxylation is 2. The number of carbonyl (C=O) groups excluding carboxylic acids is 1. The van der Waals surface area contributed by atoms with E-state index in [0.29, 0.717) is 0 Å². The summed E-state index contributed by atoms with van der Waals surface area (Å²) < 4.78 is 3.19. The predicted octanol–water partition coefficient (Wildman–Crippen LogP) is 3.00. The normalized spacial score (nSPS) is 17.4. The number of amides is 1. The first-order valence-electron chi connectivity index (χ1n) is 8.50. The quantitative estimate of drug-likeness (QED) is 0.781. The summed E-state index contributed by atoms with van der Waals surface area (Å²) in [6.45, 7) is 5.86. The second-order valence-electron chi connectivity index (χ2n) is 6.49. The lowest BCUT2D eigenvalue weighted by atomic mass is 10.2. The summed E-state index contributed by atoms with van der Waals surface area (Å²) >= 11 is 1.58. The highest BCUT2D eigenvalue weighted by Crippen LogP contribution is 2.26. The van der Waals surface area contributed by atoms with E-state index in [9.17, 15) is 4.79 Å². The van der Waals surface area contributed by atoms with Crippen LogP contribution in [0, 0.1) is 13.8 Å². The molecular weight excluding hydrogens is 334 g/mol. The van der Waals surface area contributed by atoms with Gasteiger partial charge in [-0.2, -0.15) is 5.10 Å². The van der Waals surface area contributed by atoms with Crippen LogP contribution >= 0.6 is 11.3 Å². The molecule has 1 aliphatic heterocycles. The molecule has 1 aromatic carbocycles. The van der Waals surface area contributed by atoms with Gasteiger partial charge < -0.3 is 10.2 Å². The molecule has 0 aliphatic carbocycles. The number of hydrogen-bond donors (Lipinski definition) is 1. The monoisotopic (exact) mass is 355 g/mol. The van der Waals surface area contributed by atoms with Gasteiger partial charge in [0.2, 0.25) is 5.91 Å². The first-order chi connectivity index (χ1) is 12.1. The molecule has 0 radical (unpaired) electrons. The SMILES string of the molecule is Cc1cc(C)n([C@H]2CCN(C(=O)CNc3nc4ccccc4s3)C2)n1. The van der Waals surface area contributed by atoms with Gasteiger partial charge in [0.1, 0.15) is 0 Å². The number of rotatable bonds is 4. The van der Waals surface area contributed by atoms with Crippen LogP contribution in [0.1, 0.15) is 23.9 Å². The van der Waals surface area contributed by atoms with Crippen LogP contribution in [0.4, 0.5) is 5.13 Å². The highest BCUT2D eigenvalue weighted by molar-refractivity contribution is 7.22. The van der Waals surface area contributed by atoms with Crippen LogP contribution in [0.3, 0.4) is 0 Å². The van der Waals surface area contributed by atoms with Gasteiger partial charge in [0.15, 0.2) is 5.13 Å². The van der Waals surface area contributed by atoms with Crippen LogP contribution in [0.5, 0.6) is 0 Å². The molecule has 1 saturated heterocycles. The third-order valence-electron chi connectivity index (χ3n) is 4.59. The zero-order chi connectivity index (χ0) is 17.4. The topological polar surface area (TPSA) is 63.1 Å². The number of thiazole rings is 1. The van der Waals surface area contributed by atoms with Gasteiger partial charge >= 0.3 is 0 Å². The molecule has 3 aromatic rings. The zero-order valence-corrected chi connectivity index (χ0v) is 15.2. The Morgan fingerprint density at radius 3 is 2.96 bits per heavy atom. The second kappa shape index (κ2) is 6.48. The summed E-state index contributed by atoms with van der Waals surface area (Å²) in [5.41, 5.74) is 3.15. The van der Waals surface area contributed by atoms with E-state index >= 15 is 0 Å². The van der Waals surface area contributed by atoms with Crippen LogP contribution in [-0.2, 0) is 4.79 Å². The minimum absolute atomic E-state index is 0.114. The molecule has 1 fully saturated rings. The van der Waals surface area contributed by atoms with E-state index in [1.54, 1.807) is 11.3 Å². The fourth-order valence-corrected chi connectivity index (χ4v) is 4.26. The molecule has 6 nitrogen and oxygen atoms in total. The average molecular weight is 355 g/mol. The highest BCUT2D eigenvalue weighted by Gasteiger charge is 2.28. The fraction of sp³-hybridized carbons (Fsp3) is 0.389. The van der Waals surface area contributed by atoms with E-state index in [4.69, 9.17) is 0 Å². The molecule has 25 heavy (non-hydrogen) atoms. The molecule has 0 saturated carbocycles. The number of carbonyl (C=O) groups is 1. The van der Waals surface area contributed by atoms with E-state index in [2.05, 4.69) is 33.1 Å². The van der Waals surface area contributed by atoms with Crippen LogP contribution in [0.2, 0.25) is 0 Å². The number of anilines is 1. The van der Waals surface area contributed by atoms with E-state index in [1.807, 2.05) is 36.1 Å². The Morgan fingerprint density at radius 1 is 1.36 bits per heavy atom. The number of nitrogens with zero attached hydrogens (tertiary/aromatic N) is 4. The van der Waals surface area contributed by atoms with Crippen molar-refractivity contribution in [1.82, 2.24) is 19.7 Å². The van der Waals surface area contributed by atoms with Gasteiger partial charge in [0, 0.05) is 18.8 Å². The zero-order valence-electron chi connectivity index (χ0n) is 14.4. The molecule has 2 aromatic heterocycles. The van der Waals surface area contributed by atoms with Crippen molar-refractivity contribution in [1.29, 1.82) is 0 Å². The van der Waals surface area contributed by atoms with E-state index in [0.717, 1.165) is 46.2 Å². The lowest BCUT2D eigenvalue weighted by Crippen LogP contribution is -2.34. The van der Waals surface area contributed by atoms with Crippen molar-refractivity contribution in [2.24, 2.45) is 0 Å². The lowest BCUT2D eigenvalue weighted by molar-refractivity contribution is -0.128. The maximum absolute atomic E-state index is 12.5. The summed E-state index contributed by atoms with van der Waals surface area (Å²) in [5, 5.41) is 8.53. The summed E-state index contributed by atoms with van der Waals surface area (Å²) in [4.78, 5) is 18.9. The minimum atomic E-state index is 0.114. The number of aromatic nitrogens is 3. The van der Waals surface area contributed by atoms with Gasteiger partial charge in [0.05, 0.1) is 28.5 Å². The largest absolute Gasteiger partial charge is 0.352 e. The van der Waals surface area contributed by atoms with Crippen molar-refractivity contribution in [3.8, 4) is 0 Å². The molecule has 4 rings (SSSR count). The van der Waals surface area contributed by atoms with E-state index < -0.39 is 0 Å². The smallest absolute Gasteiger partial charge is 0.242 e. The maximum Gasteiger partial charge on any atom is 0.242 e. The van der Waals surface area contributed by atoms with Crippen molar-refractivity contribution in [3.63, 3.8) is 0 Å². The Kier molecular flexibility index (Phi) is 4.17. The number of hydrogen-bond acceptors (Lipinski definition) is 5. The first-order valence-corrected chi connectivity index (χ1v) is 9.32. The number of nitrogens with one attached hydrogen (secondary N) is 1. The van der Waals surface area contributed by atoms with Crippen molar-refractivity contribution >= 4 is 32.6 Å². The number of para-hydroxylation sites is 1. The van der Waals surface area contributed by atoms with E-state index in [-0.39, 0.29) is 18.5 Å². The molecule has 1 amide bonds. The Hall–Kier alpha value is -2.41. The summed E-state index contributed by atoms with van der Waals surface area (Å²) in [6, 6.07) is 10.4. The summed E-state index contributed by atoms with van der Waals surface area (Å²) in [6.07, 6.45) is 0.953. The maximum atomic E-state index is 12.5. The van der Waals surface area contributed by atoms with Gasteiger partial charge in [-0.05, 0) is 38.5 Å². The third-order valence-corrected chi connectivity index (χ3v) is 5.59. The Bertz CT molecular complexity index is 882.